The van der Waals surface area contributed by atoms with Gasteiger partial charge in [-0.25, -0.2) is 4.79 Å². The molecule has 27 heavy (non-hydrogen) atoms. The van der Waals surface area contributed by atoms with E-state index in [9.17, 15) is 4.79 Å². The molecule has 2 aliphatic rings. The van der Waals surface area contributed by atoms with Crippen LogP contribution in [0.5, 0.6) is 0 Å². The van der Waals surface area contributed by atoms with Crippen LogP contribution >= 0.6 is 11.8 Å². The fourth-order valence-corrected chi connectivity index (χ4v) is 5.25. The topological polar surface area (TPSA) is 46.5 Å². The summed E-state index contributed by atoms with van der Waals surface area (Å²) >= 11 is 1.75. The van der Waals surface area contributed by atoms with Gasteiger partial charge in [0, 0.05) is 0 Å². The van der Waals surface area contributed by atoms with Crippen molar-refractivity contribution < 1.29 is 14.6 Å². The van der Waals surface area contributed by atoms with Crippen LogP contribution in [0.2, 0.25) is 0 Å². The van der Waals surface area contributed by atoms with E-state index in [1.54, 1.807) is 23.9 Å². The molecule has 1 heterocycles. The van der Waals surface area contributed by atoms with Crippen LogP contribution < -0.4 is 0 Å². The molecule has 4 heteroatoms. The quantitative estimate of drug-likeness (QED) is 0.744. The van der Waals surface area contributed by atoms with Gasteiger partial charge in [0.15, 0.2) is 4.93 Å². The van der Waals surface area contributed by atoms with Crippen LogP contribution in [0.4, 0.5) is 0 Å². The minimum Gasteiger partial charge on any atom is -0.478 e. The third kappa shape index (κ3) is 2.90. The van der Waals surface area contributed by atoms with Gasteiger partial charge in [-0.3, -0.25) is 0 Å². The molecule has 0 aromatic heterocycles. The minimum absolute atomic E-state index is 0.142. The SMILES string of the molecule is CC1(C)CCC(C)(C)c2cc(C3(c4ccc(C(=O)O)cc4)OCS3)ccc21. The van der Waals surface area contributed by atoms with E-state index in [4.69, 9.17) is 9.84 Å². The van der Waals surface area contributed by atoms with Crippen molar-refractivity contribution in [2.24, 2.45) is 0 Å². The first kappa shape index (κ1) is 18.6. The number of carboxylic acid groups (broad SMARTS) is 1. The first-order chi connectivity index (χ1) is 12.7. The Kier molecular flexibility index (Phi) is 4.21. The Bertz CT molecular complexity index is 892. The van der Waals surface area contributed by atoms with Gasteiger partial charge in [0.1, 0.15) is 0 Å². The number of benzene rings is 2. The molecular formula is C23H26O3S. The van der Waals surface area contributed by atoms with Crippen molar-refractivity contribution in [2.45, 2.75) is 56.3 Å². The van der Waals surface area contributed by atoms with Gasteiger partial charge in [0.2, 0.25) is 0 Å². The molecule has 0 spiro atoms. The summed E-state index contributed by atoms with van der Waals surface area (Å²) in [6.45, 7) is 9.31. The number of fused-ring (bicyclic) bond motifs is 1. The van der Waals surface area contributed by atoms with Gasteiger partial charge in [0.05, 0.1) is 11.5 Å². The van der Waals surface area contributed by atoms with Gasteiger partial charge in [-0.15, -0.1) is 0 Å². The zero-order valence-corrected chi connectivity index (χ0v) is 17.2. The number of ether oxygens (including phenoxy) is 1. The first-order valence-electron chi connectivity index (χ1n) is 9.43. The highest BCUT2D eigenvalue weighted by molar-refractivity contribution is 8.01. The molecule has 3 nitrogen and oxygen atoms in total. The molecule has 1 fully saturated rings. The van der Waals surface area contributed by atoms with Crippen LogP contribution in [0.1, 0.15) is 73.1 Å². The normalized spacial score (nSPS) is 25.3. The maximum Gasteiger partial charge on any atom is 0.335 e. The second-order valence-electron chi connectivity index (χ2n) is 8.93. The molecule has 2 aromatic carbocycles. The molecule has 4 rings (SSSR count). The number of hydrogen-bond donors (Lipinski definition) is 1. The highest BCUT2D eigenvalue weighted by atomic mass is 32.2. The van der Waals surface area contributed by atoms with Crippen LogP contribution in [0.25, 0.3) is 0 Å². The standard InChI is InChI=1S/C23H26O3S/c1-21(2)11-12-22(3,4)19-13-17(9-10-18(19)21)23(26-14-27-23)16-7-5-15(6-8-16)20(24)25/h5-10,13H,11-12,14H2,1-4H3,(H,24,25). The lowest BCUT2D eigenvalue weighted by Crippen LogP contribution is -2.38. The predicted molar refractivity (Wildman–Crippen MR) is 109 cm³/mol. The zero-order valence-electron chi connectivity index (χ0n) is 16.3. The monoisotopic (exact) mass is 382 g/mol. The van der Waals surface area contributed by atoms with E-state index in [1.807, 2.05) is 12.1 Å². The third-order valence-corrected chi connectivity index (χ3v) is 7.50. The predicted octanol–water partition coefficient (Wildman–Crippen LogP) is 5.66. The van der Waals surface area contributed by atoms with Crippen LogP contribution in [-0.2, 0) is 20.5 Å². The Hall–Kier alpha value is -1.78. The molecule has 1 N–H and O–H groups in total. The average molecular weight is 383 g/mol. The van der Waals surface area contributed by atoms with Crippen molar-refractivity contribution in [3.05, 3.63) is 70.3 Å². The van der Waals surface area contributed by atoms with Crippen LogP contribution in [0.15, 0.2) is 42.5 Å². The second-order valence-corrected chi connectivity index (χ2v) is 10.0. The smallest absolute Gasteiger partial charge is 0.335 e. The molecular weight excluding hydrogens is 356 g/mol. The number of carboxylic acids is 1. The van der Waals surface area contributed by atoms with Crippen LogP contribution in [0, 0.1) is 0 Å². The number of rotatable bonds is 3. The van der Waals surface area contributed by atoms with Crippen molar-refractivity contribution in [1.29, 1.82) is 0 Å². The summed E-state index contributed by atoms with van der Waals surface area (Å²) in [6.07, 6.45) is 2.37. The summed E-state index contributed by atoms with van der Waals surface area (Å²) in [7, 11) is 0. The van der Waals surface area contributed by atoms with Crippen molar-refractivity contribution >= 4 is 17.7 Å². The van der Waals surface area contributed by atoms with Gasteiger partial charge >= 0.3 is 5.97 Å². The summed E-state index contributed by atoms with van der Waals surface area (Å²) in [4.78, 5) is 10.6. The van der Waals surface area contributed by atoms with E-state index in [1.165, 1.54) is 24.0 Å². The molecule has 0 bridgehead atoms. The van der Waals surface area contributed by atoms with E-state index in [-0.39, 0.29) is 10.8 Å². The number of hydrogen-bond acceptors (Lipinski definition) is 3. The van der Waals surface area contributed by atoms with Crippen molar-refractivity contribution in [3.63, 3.8) is 0 Å². The molecule has 0 radical (unpaired) electrons. The highest BCUT2D eigenvalue weighted by Gasteiger charge is 2.45. The molecule has 1 aliphatic heterocycles. The fraction of sp³-hybridized carbons (Fsp3) is 0.435. The third-order valence-electron chi connectivity index (χ3n) is 6.27. The molecule has 2 aromatic rings. The van der Waals surface area contributed by atoms with E-state index in [2.05, 4.69) is 45.9 Å². The Balaban J connectivity index is 1.81. The average Bonchev–Trinajstić information content (AvgIpc) is 2.59. The molecule has 1 aliphatic carbocycles. The molecule has 1 unspecified atom stereocenters. The highest BCUT2D eigenvalue weighted by Crippen LogP contribution is 2.54. The lowest BCUT2D eigenvalue weighted by Gasteiger charge is -2.45. The Morgan fingerprint density at radius 2 is 1.48 bits per heavy atom. The Morgan fingerprint density at radius 1 is 0.926 bits per heavy atom. The number of thioether (sulfide) groups is 1. The maximum atomic E-state index is 11.2. The zero-order chi connectivity index (χ0) is 19.4. The van der Waals surface area contributed by atoms with Gasteiger partial charge in [-0.2, -0.15) is 0 Å². The lowest BCUT2D eigenvalue weighted by molar-refractivity contribution is 0.0535. The number of carbonyl (C=O) groups is 1. The minimum atomic E-state index is -0.907. The van der Waals surface area contributed by atoms with Crippen LogP contribution in [0.3, 0.4) is 0 Å². The molecule has 0 amide bonds. The Labute approximate surface area is 165 Å². The molecule has 0 saturated carbocycles. The fourth-order valence-electron chi connectivity index (χ4n) is 4.30. The van der Waals surface area contributed by atoms with E-state index in [0.29, 0.717) is 11.5 Å². The summed E-state index contributed by atoms with van der Waals surface area (Å²) in [5.41, 5.74) is 5.61. The summed E-state index contributed by atoms with van der Waals surface area (Å²) in [6, 6.07) is 13.9. The summed E-state index contributed by atoms with van der Waals surface area (Å²) in [5, 5.41) is 9.17. The van der Waals surface area contributed by atoms with E-state index >= 15 is 0 Å². The van der Waals surface area contributed by atoms with Gasteiger partial charge in [-0.05, 0) is 58.1 Å². The lowest BCUT2D eigenvalue weighted by atomic mass is 9.63. The summed E-state index contributed by atoms with van der Waals surface area (Å²) in [5.74, 6) is -0.261. The molecule has 1 atom stereocenters. The van der Waals surface area contributed by atoms with Gasteiger partial charge in [-0.1, -0.05) is 69.8 Å². The first-order valence-corrected chi connectivity index (χ1v) is 10.4. The Morgan fingerprint density at radius 3 is 2.00 bits per heavy atom. The van der Waals surface area contributed by atoms with E-state index in [0.717, 1.165) is 11.1 Å². The second kappa shape index (κ2) is 6.11. The summed E-state index contributed by atoms with van der Waals surface area (Å²) < 4.78 is 6.12. The van der Waals surface area contributed by atoms with Crippen molar-refractivity contribution in [1.82, 2.24) is 0 Å². The molecule has 142 valence electrons. The van der Waals surface area contributed by atoms with E-state index < -0.39 is 10.9 Å². The van der Waals surface area contributed by atoms with Crippen molar-refractivity contribution in [2.75, 3.05) is 5.94 Å². The maximum absolute atomic E-state index is 11.2. The van der Waals surface area contributed by atoms with Crippen molar-refractivity contribution in [3.8, 4) is 0 Å². The van der Waals surface area contributed by atoms with Gasteiger partial charge in [0.25, 0.3) is 0 Å². The number of aromatic carboxylic acids is 1. The van der Waals surface area contributed by atoms with Crippen LogP contribution in [-0.4, -0.2) is 17.0 Å². The largest absolute Gasteiger partial charge is 0.478 e. The van der Waals surface area contributed by atoms with Gasteiger partial charge < -0.3 is 9.84 Å². The molecule has 1 saturated heterocycles.